The van der Waals surface area contributed by atoms with E-state index in [1.165, 1.54) is 11.0 Å². The van der Waals surface area contributed by atoms with Crippen LogP contribution in [0, 0.1) is 4.77 Å². The van der Waals surface area contributed by atoms with Crippen LogP contribution in [0.3, 0.4) is 0 Å². The minimum Gasteiger partial charge on any atom is -0.489 e. The Balaban J connectivity index is 1.67. The summed E-state index contributed by atoms with van der Waals surface area (Å²) in [4.78, 5) is 0. The molecule has 3 rings (SSSR count). The summed E-state index contributed by atoms with van der Waals surface area (Å²) in [5.74, 6) is 0.764. The lowest BCUT2D eigenvalue weighted by atomic mass is 10.2. The molecular formula is C16H13ClN4OS. The van der Waals surface area contributed by atoms with E-state index < -0.39 is 0 Å². The van der Waals surface area contributed by atoms with E-state index in [1.807, 2.05) is 48.5 Å². The van der Waals surface area contributed by atoms with Gasteiger partial charge >= 0.3 is 0 Å². The number of aromatic nitrogens is 3. The Morgan fingerprint density at radius 3 is 2.83 bits per heavy atom. The second-order valence-electron chi connectivity index (χ2n) is 4.74. The zero-order valence-electron chi connectivity index (χ0n) is 12.0. The third kappa shape index (κ3) is 4.28. The van der Waals surface area contributed by atoms with Crippen molar-refractivity contribution in [1.82, 2.24) is 14.9 Å². The molecule has 0 aliphatic carbocycles. The van der Waals surface area contributed by atoms with Crippen molar-refractivity contribution in [2.75, 3.05) is 0 Å². The smallest absolute Gasteiger partial charge is 0.216 e. The average Bonchev–Trinajstić information content (AvgIpc) is 2.98. The van der Waals surface area contributed by atoms with E-state index in [2.05, 4.69) is 15.3 Å². The van der Waals surface area contributed by atoms with Crippen LogP contribution >= 0.6 is 23.8 Å². The summed E-state index contributed by atoms with van der Waals surface area (Å²) in [6.07, 6.45) is 3.21. The van der Waals surface area contributed by atoms with Crippen molar-refractivity contribution in [3.63, 3.8) is 0 Å². The molecule has 0 amide bonds. The first-order valence-corrected chi connectivity index (χ1v) is 7.63. The third-order valence-electron chi connectivity index (χ3n) is 3.04. The molecule has 116 valence electrons. The molecule has 0 atom stereocenters. The maximum atomic E-state index is 5.87. The minimum absolute atomic E-state index is 0.441. The summed E-state index contributed by atoms with van der Waals surface area (Å²) in [6.45, 7) is 0.477. The molecule has 0 fully saturated rings. The molecule has 2 aromatic carbocycles. The van der Waals surface area contributed by atoms with Gasteiger partial charge in [0.15, 0.2) is 0 Å². The molecule has 3 aromatic rings. The topological polar surface area (TPSA) is 55.2 Å². The van der Waals surface area contributed by atoms with Gasteiger partial charge in [-0.25, -0.2) is 0 Å². The van der Waals surface area contributed by atoms with Crippen LogP contribution in [0.1, 0.15) is 11.1 Å². The van der Waals surface area contributed by atoms with E-state index in [1.54, 1.807) is 6.21 Å². The lowest BCUT2D eigenvalue weighted by Crippen LogP contribution is -1.96. The van der Waals surface area contributed by atoms with Gasteiger partial charge in [-0.05, 0) is 47.6 Å². The van der Waals surface area contributed by atoms with E-state index in [4.69, 9.17) is 28.6 Å². The monoisotopic (exact) mass is 344 g/mol. The van der Waals surface area contributed by atoms with Gasteiger partial charge in [0.2, 0.25) is 4.77 Å². The summed E-state index contributed by atoms with van der Waals surface area (Å²) in [6, 6.07) is 15.2. The quantitative estimate of drug-likeness (QED) is 0.561. The highest BCUT2D eigenvalue weighted by molar-refractivity contribution is 7.71. The van der Waals surface area contributed by atoms with E-state index in [0.29, 0.717) is 16.4 Å². The number of hydrogen-bond acceptors (Lipinski definition) is 4. The van der Waals surface area contributed by atoms with Gasteiger partial charge in [-0.3, -0.25) is 5.10 Å². The fourth-order valence-electron chi connectivity index (χ4n) is 1.89. The molecule has 0 saturated carbocycles. The van der Waals surface area contributed by atoms with Crippen molar-refractivity contribution in [1.29, 1.82) is 0 Å². The molecule has 1 aromatic heterocycles. The molecule has 0 saturated heterocycles. The first-order chi connectivity index (χ1) is 11.2. The molecule has 0 bridgehead atoms. The van der Waals surface area contributed by atoms with Crippen LogP contribution in [0.25, 0.3) is 0 Å². The molecule has 7 heteroatoms. The molecule has 0 radical (unpaired) electrons. The van der Waals surface area contributed by atoms with E-state index in [9.17, 15) is 0 Å². The summed E-state index contributed by atoms with van der Waals surface area (Å²) >= 11 is 10.9. The fraction of sp³-hybridized carbons (Fsp3) is 0.0625. The molecule has 0 aliphatic rings. The molecule has 1 N–H and O–H groups in total. The van der Waals surface area contributed by atoms with E-state index in [-0.39, 0.29) is 0 Å². The van der Waals surface area contributed by atoms with Crippen LogP contribution in [0.15, 0.2) is 60.0 Å². The summed E-state index contributed by atoms with van der Waals surface area (Å²) < 4.78 is 7.71. The van der Waals surface area contributed by atoms with Crippen LogP contribution in [0.5, 0.6) is 5.75 Å². The van der Waals surface area contributed by atoms with Gasteiger partial charge < -0.3 is 4.74 Å². The normalized spacial score (nSPS) is 11.0. The SMILES string of the molecule is S=c1[nH]ncn1/N=C/c1cccc(OCc2ccc(Cl)cc2)c1. The molecule has 5 nitrogen and oxygen atoms in total. The Bertz CT molecular complexity index is 870. The van der Waals surface area contributed by atoms with E-state index in [0.717, 1.165) is 16.9 Å². The van der Waals surface area contributed by atoms with Crippen molar-refractivity contribution in [3.05, 3.63) is 75.8 Å². The molecule has 0 spiro atoms. The fourth-order valence-corrected chi connectivity index (χ4v) is 2.16. The lowest BCUT2D eigenvalue weighted by molar-refractivity contribution is 0.306. The summed E-state index contributed by atoms with van der Waals surface area (Å²) in [7, 11) is 0. The number of nitrogens with zero attached hydrogens (tertiary/aromatic N) is 3. The van der Waals surface area contributed by atoms with Crippen molar-refractivity contribution in [2.45, 2.75) is 6.61 Å². The zero-order chi connectivity index (χ0) is 16.1. The summed E-state index contributed by atoms with van der Waals surface area (Å²) in [5, 5.41) is 11.4. The van der Waals surface area contributed by atoms with Crippen LogP contribution in [-0.2, 0) is 6.61 Å². The molecule has 0 unspecified atom stereocenters. The first kappa shape index (κ1) is 15.5. The largest absolute Gasteiger partial charge is 0.489 e. The van der Waals surface area contributed by atoms with Crippen LogP contribution in [0.4, 0.5) is 0 Å². The zero-order valence-corrected chi connectivity index (χ0v) is 13.6. The molecule has 23 heavy (non-hydrogen) atoms. The number of rotatable bonds is 5. The van der Waals surface area contributed by atoms with E-state index >= 15 is 0 Å². The summed E-state index contributed by atoms with van der Waals surface area (Å²) in [5.41, 5.74) is 1.96. The number of aromatic amines is 1. The molecule has 0 aliphatic heterocycles. The second-order valence-corrected chi connectivity index (χ2v) is 5.56. The standard InChI is InChI=1S/C16H13ClN4OS/c17-14-6-4-12(5-7-14)10-22-15-3-1-2-13(8-15)9-19-21-11-18-20-16(21)23/h1-9,11H,10H2,(H,20,23)/b19-9+. The Kier molecular flexibility index (Phi) is 4.85. The number of nitrogens with one attached hydrogen (secondary N) is 1. The van der Waals surface area contributed by atoms with Gasteiger partial charge in [-0.2, -0.15) is 14.9 Å². The van der Waals surface area contributed by atoms with Crippen molar-refractivity contribution in [2.24, 2.45) is 5.10 Å². The van der Waals surface area contributed by atoms with Gasteiger partial charge in [-0.1, -0.05) is 35.9 Å². The van der Waals surface area contributed by atoms with Crippen molar-refractivity contribution >= 4 is 30.0 Å². The highest BCUT2D eigenvalue weighted by atomic mass is 35.5. The van der Waals surface area contributed by atoms with Crippen LogP contribution in [0.2, 0.25) is 5.02 Å². The Labute approximate surface area is 143 Å². The first-order valence-electron chi connectivity index (χ1n) is 6.84. The van der Waals surface area contributed by atoms with Crippen LogP contribution < -0.4 is 4.74 Å². The van der Waals surface area contributed by atoms with Gasteiger partial charge in [0.25, 0.3) is 0 Å². The van der Waals surface area contributed by atoms with Gasteiger partial charge in [0, 0.05) is 5.02 Å². The molecular weight excluding hydrogens is 332 g/mol. The van der Waals surface area contributed by atoms with Crippen molar-refractivity contribution < 1.29 is 4.74 Å². The third-order valence-corrected chi connectivity index (χ3v) is 3.57. The number of H-pyrrole nitrogens is 1. The Morgan fingerprint density at radius 1 is 1.26 bits per heavy atom. The second kappa shape index (κ2) is 7.21. The number of hydrogen-bond donors (Lipinski definition) is 1. The highest BCUT2D eigenvalue weighted by Crippen LogP contribution is 2.15. The number of benzene rings is 2. The van der Waals surface area contributed by atoms with Crippen molar-refractivity contribution in [3.8, 4) is 5.75 Å². The maximum Gasteiger partial charge on any atom is 0.216 e. The number of ether oxygens (including phenoxy) is 1. The van der Waals surface area contributed by atoms with Gasteiger partial charge in [0.05, 0.1) is 6.21 Å². The highest BCUT2D eigenvalue weighted by Gasteiger charge is 1.98. The predicted octanol–water partition coefficient (Wildman–Crippen LogP) is 4.06. The minimum atomic E-state index is 0.441. The van der Waals surface area contributed by atoms with Gasteiger partial charge in [0.1, 0.15) is 18.7 Å². The Hall–Kier alpha value is -2.44. The lowest BCUT2D eigenvalue weighted by Gasteiger charge is -2.07. The maximum absolute atomic E-state index is 5.87. The Morgan fingerprint density at radius 2 is 2.09 bits per heavy atom. The van der Waals surface area contributed by atoms with Crippen LogP contribution in [-0.4, -0.2) is 21.1 Å². The van der Waals surface area contributed by atoms with Gasteiger partial charge in [-0.15, -0.1) is 0 Å². The molecule has 1 heterocycles. The predicted molar refractivity (Wildman–Crippen MR) is 92.6 cm³/mol. The number of halogens is 1. The average molecular weight is 345 g/mol.